The molecule has 1 aromatic rings. The molecule has 0 heterocycles. The molecule has 0 aliphatic rings. The highest BCUT2D eigenvalue weighted by Gasteiger charge is 2.32. The van der Waals surface area contributed by atoms with Gasteiger partial charge >= 0.3 is 0 Å². The fourth-order valence-electron chi connectivity index (χ4n) is 1.83. The lowest BCUT2D eigenvalue weighted by molar-refractivity contribution is -0.0792. The summed E-state index contributed by atoms with van der Waals surface area (Å²) in [5, 5.41) is 20.1. The van der Waals surface area contributed by atoms with E-state index in [1.165, 1.54) is 6.07 Å². The van der Waals surface area contributed by atoms with Crippen molar-refractivity contribution in [3.63, 3.8) is 0 Å². The number of rotatable bonds is 5. The number of aliphatic hydroxyl groups is 2. The molecule has 0 saturated carbocycles. The molecule has 0 aromatic heterocycles. The van der Waals surface area contributed by atoms with Gasteiger partial charge < -0.3 is 10.2 Å². The van der Waals surface area contributed by atoms with E-state index in [2.05, 4.69) is 0 Å². The zero-order chi connectivity index (χ0) is 13.1. The van der Waals surface area contributed by atoms with Crippen LogP contribution in [0.5, 0.6) is 0 Å². The maximum absolute atomic E-state index is 13.6. The number of aliphatic hydroxyl groups excluding tert-OH is 1. The van der Waals surface area contributed by atoms with Crippen molar-refractivity contribution in [2.75, 3.05) is 0 Å². The quantitative estimate of drug-likeness (QED) is 0.855. The Morgan fingerprint density at radius 1 is 1.35 bits per heavy atom. The van der Waals surface area contributed by atoms with Crippen molar-refractivity contribution in [1.29, 1.82) is 0 Å². The van der Waals surface area contributed by atoms with Crippen molar-refractivity contribution in [2.24, 2.45) is 0 Å². The summed E-state index contributed by atoms with van der Waals surface area (Å²) < 4.78 is 13.6. The molecule has 1 rings (SSSR count). The number of benzene rings is 1. The zero-order valence-corrected chi connectivity index (χ0v) is 10.8. The van der Waals surface area contributed by atoms with E-state index in [0.29, 0.717) is 18.4 Å². The van der Waals surface area contributed by atoms with Crippen LogP contribution < -0.4 is 0 Å². The lowest BCUT2D eigenvalue weighted by atomic mass is 9.87. The molecule has 2 nitrogen and oxygen atoms in total. The number of halogens is 2. The van der Waals surface area contributed by atoms with Crippen LogP contribution in [-0.2, 0) is 6.42 Å². The van der Waals surface area contributed by atoms with Crippen LogP contribution in [0.4, 0.5) is 4.39 Å². The van der Waals surface area contributed by atoms with Gasteiger partial charge in [-0.05, 0) is 24.5 Å². The first-order chi connectivity index (χ1) is 7.94. The fourth-order valence-corrected chi connectivity index (χ4v) is 2.02. The van der Waals surface area contributed by atoms with Crippen molar-refractivity contribution in [3.05, 3.63) is 34.6 Å². The molecule has 0 aliphatic heterocycles. The maximum atomic E-state index is 13.6. The molecule has 1 aromatic carbocycles. The lowest BCUT2D eigenvalue weighted by Crippen LogP contribution is -2.42. The molecular weight excluding hydrogens is 243 g/mol. The molecule has 0 radical (unpaired) electrons. The lowest BCUT2D eigenvalue weighted by Gasteiger charge is -2.31. The number of hydrogen-bond donors (Lipinski definition) is 2. The maximum Gasteiger partial charge on any atom is 0.145 e. The van der Waals surface area contributed by atoms with E-state index >= 15 is 0 Å². The molecule has 0 fully saturated rings. The van der Waals surface area contributed by atoms with E-state index in [9.17, 15) is 14.6 Å². The van der Waals surface area contributed by atoms with Gasteiger partial charge in [0.2, 0.25) is 0 Å². The molecule has 1 atom stereocenters. The van der Waals surface area contributed by atoms with Crippen molar-refractivity contribution >= 4 is 11.6 Å². The van der Waals surface area contributed by atoms with Crippen LogP contribution in [0.15, 0.2) is 18.2 Å². The van der Waals surface area contributed by atoms with Gasteiger partial charge in [-0.3, -0.25) is 0 Å². The van der Waals surface area contributed by atoms with Crippen LogP contribution in [-0.4, -0.2) is 21.9 Å². The minimum Gasteiger partial charge on any atom is -0.390 e. The molecular formula is C13H18ClFO2. The second kappa shape index (κ2) is 5.80. The van der Waals surface area contributed by atoms with Crippen LogP contribution in [0.3, 0.4) is 0 Å². The summed E-state index contributed by atoms with van der Waals surface area (Å²) in [6, 6.07) is 4.65. The summed E-state index contributed by atoms with van der Waals surface area (Å²) in [5.74, 6) is -0.525. The molecule has 0 spiro atoms. The van der Waals surface area contributed by atoms with Crippen molar-refractivity contribution in [2.45, 2.75) is 44.8 Å². The third-order valence-corrected chi connectivity index (χ3v) is 3.58. The van der Waals surface area contributed by atoms with E-state index in [0.717, 1.165) is 0 Å². The van der Waals surface area contributed by atoms with Crippen molar-refractivity contribution in [1.82, 2.24) is 0 Å². The second-order valence-corrected chi connectivity index (χ2v) is 4.65. The Kier molecular flexibility index (Phi) is 4.92. The Morgan fingerprint density at radius 2 is 1.94 bits per heavy atom. The van der Waals surface area contributed by atoms with Gasteiger partial charge in [-0.1, -0.05) is 37.6 Å². The van der Waals surface area contributed by atoms with E-state index < -0.39 is 17.5 Å². The highest BCUT2D eigenvalue weighted by atomic mass is 35.5. The van der Waals surface area contributed by atoms with E-state index in [1.54, 1.807) is 26.0 Å². The van der Waals surface area contributed by atoms with Gasteiger partial charge in [-0.15, -0.1) is 0 Å². The van der Waals surface area contributed by atoms with Gasteiger partial charge in [-0.2, -0.15) is 0 Å². The van der Waals surface area contributed by atoms with Crippen LogP contribution in [0.1, 0.15) is 32.3 Å². The summed E-state index contributed by atoms with van der Waals surface area (Å²) in [4.78, 5) is 0. The minimum atomic E-state index is -1.17. The molecule has 2 N–H and O–H groups in total. The third kappa shape index (κ3) is 3.18. The molecule has 0 aliphatic carbocycles. The summed E-state index contributed by atoms with van der Waals surface area (Å²) in [7, 11) is 0. The van der Waals surface area contributed by atoms with E-state index in [4.69, 9.17) is 11.6 Å². The van der Waals surface area contributed by atoms with Gasteiger partial charge in [0, 0.05) is 6.42 Å². The van der Waals surface area contributed by atoms with Crippen molar-refractivity contribution < 1.29 is 14.6 Å². The molecule has 96 valence electrons. The van der Waals surface area contributed by atoms with Crippen LogP contribution in [0, 0.1) is 5.82 Å². The number of hydrogen-bond acceptors (Lipinski definition) is 2. The molecule has 0 amide bonds. The fraction of sp³-hybridized carbons (Fsp3) is 0.538. The predicted molar refractivity (Wildman–Crippen MR) is 66.7 cm³/mol. The first kappa shape index (κ1) is 14.4. The smallest absolute Gasteiger partial charge is 0.145 e. The highest BCUT2D eigenvalue weighted by molar-refractivity contribution is 6.30. The Bertz CT molecular complexity index is 378. The molecule has 17 heavy (non-hydrogen) atoms. The summed E-state index contributed by atoms with van der Waals surface area (Å²) >= 11 is 5.66. The van der Waals surface area contributed by atoms with Crippen LogP contribution in [0.2, 0.25) is 5.02 Å². The standard InChI is InChI=1S/C13H18ClFO2/c1-3-13(17,4-2)11(16)8-9-6-5-7-10(14)12(9)15/h5-7,11,16-17H,3-4,8H2,1-2H3. The molecule has 0 bridgehead atoms. The van der Waals surface area contributed by atoms with Crippen LogP contribution in [0.25, 0.3) is 0 Å². The van der Waals surface area contributed by atoms with Gasteiger partial charge in [0.1, 0.15) is 5.82 Å². The Balaban J connectivity index is 2.88. The monoisotopic (exact) mass is 260 g/mol. The van der Waals surface area contributed by atoms with Gasteiger partial charge in [0.05, 0.1) is 16.7 Å². The second-order valence-electron chi connectivity index (χ2n) is 4.24. The zero-order valence-electron chi connectivity index (χ0n) is 10.1. The normalized spacial score (nSPS) is 13.8. The third-order valence-electron chi connectivity index (χ3n) is 3.29. The predicted octanol–water partition coefficient (Wildman–Crippen LogP) is 2.93. The molecule has 1 unspecified atom stereocenters. The van der Waals surface area contributed by atoms with E-state index in [1.807, 2.05) is 0 Å². The van der Waals surface area contributed by atoms with Gasteiger partial charge in [0.15, 0.2) is 0 Å². The summed E-state index contributed by atoms with van der Waals surface area (Å²) in [6.07, 6.45) is -0.0879. The average molecular weight is 261 g/mol. The van der Waals surface area contributed by atoms with Crippen LogP contribution >= 0.6 is 11.6 Å². The Labute approximate surface area is 106 Å². The minimum absolute atomic E-state index is 0.0336. The average Bonchev–Trinajstić information content (AvgIpc) is 2.33. The summed E-state index contributed by atoms with van der Waals surface area (Å²) in [6.45, 7) is 3.59. The Hall–Kier alpha value is -0.640. The van der Waals surface area contributed by atoms with Crippen molar-refractivity contribution in [3.8, 4) is 0 Å². The van der Waals surface area contributed by atoms with Gasteiger partial charge in [0.25, 0.3) is 0 Å². The van der Waals surface area contributed by atoms with E-state index in [-0.39, 0.29) is 11.4 Å². The SMILES string of the molecule is CCC(O)(CC)C(O)Cc1cccc(Cl)c1F. The largest absolute Gasteiger partial charge is 0.390 e. The van der Waals surface area contributed by atoms with Gasteiger partial charge in [-0.25, -0.2) is 4.39 Å². The Morgan fingerprint density at radius 3 is 2.47 bits per heavy atom. The highest BCUT2D eigenvalue weighted by Crippen LogP contribution is 2.25. The topological polar surface area (TPSA) is 40.5 Å². The summed E-state index contributed by atoms with van der Waals surface area (Å²) in [5.41, 5.74) is -0.847. The molecule has 4 heteroatoms. The first-order valence-electron chi connectivity index (χ1n) is 5.78. The first-order valence-corrected chi connectivity index (χ1v) is 6.15. The molecule has 0 saturated heterocycles.